The summed E-state index contributed by atoms with van der Waals surface area (Å²) < 4.78 is 4.66. The van der Waals surface area contributed by atoms with Gasteiger partial charge in [0.1, 0.15) is 0 Å². The van der Waals surface area contributed by atoms with Crippen molar-refractivity contribution in [1.82, 2.24) is 4.98 Å². The van der Waals surface area contributed by atoms with Crippen molar-refractivity contribution in [1.29, 1.82) is 0 Å². The van der Waals surface area contributed by atoms with Crippen molar-refractivity contribution in [2.45, 2.75) is 33.1 Å². The van der Waals surface area contributed by atoms with Crippen LogP contribution in [0.5, 0.6) is 0 Å². The lowest BCUT2D eigenvalue weighted by Crippen LogP contribution is -2.00. The molecule has 18 heavy (non-hydrogen) atoms. The van der Waals surface area contributed by atoms with Gasteiger partial charge >= 0.3 is 5.97 Å². The van der Waals surface area contributed by atoms with Crippen LogP contribution in [0.1, 0.15) is 29.7 Å². The van der Waals surface area contributed by atoms with Crippen molar-refractivity contribution in [2.24, 2.45) is 0 Å². The molecule has 0 spiro atoms. The number of carbonyl (C=O) groups excluding carboxylic acids is 1. The Morgan fingerprint density at radius 1 is 1.33 bits per heavy atom. The summed E-state index contributed by atoms with van der Waals surface area (Å²) >= 11 is 0. The molecule has 0 saturated heterocycles. The van der Waals surface area contributed by atoms with Crippen molar-refractivity contribution < 1.29 is 9.53 Å². The molecule has 0 saturated carbocycles. The van der Waals surface area contributed by atoms with Gasteiger partial charge in [0.25, 0.3) is 0 Å². The summed E-state index contributed by atoms with van der Waals surface area (Å²) in [6.45, 7) is 4.18. The molecule has 2 aromatic rings. The number of hydrogen-bond acceptors (Lipinski definition) is 2. The number of benzene rings is 1. The molecule has 0 amide bonds. The monoisotopic (exact) mass is 245 g/mol. The Balaban J connectivity index is 2.19. The fourth-order valence-electron chi connectivity index (χ4n) is 2.33. The van der Waals surface area contributed by atoms with E-state index in [4.69, 9.17) is 0 Å². The molecule has 3 nitrogen and oxygen atoms in total. The van der Waals surface area contributed by atoms with Crippen LogP contribution in [0.15, 0.2) is 18.2 Å². The number of nitrogens with one attached hydrogen (secondary N) is 1. The Bertz CT molecular complexity index is 569. The van der Waals surface area contributed by atoms with E-state index >= 15 is 0 Å². The highest BCUT2D eigenvalue weighted by Gasteiger charge is 2.09. The van der Waals surface area contributed by atoms with Gasteiger partial charge in [-0.3, -0.25) is 4.79 Å². The van der Waals surface area contributed by atoms with E-state index in [0.717, 1.165) is 12.8 Å². The van der Waals surface area contributed by atoms with Crippen LogP contribution in [0.3, 0.4) is 0 Å². The second-order valence-corrected chi connectivity index (χ2v) is 4.71. The number of hydrogen-bond donors (Lipinski definition) is 1. The largest absolute Gasteiger partial charge is 0.469 e. The molecule has 0 aliphatic carbocycles. The highest BCUT2D eigenvalue weighted by Crippen LogP contribution is 2.24. The summed E-state index contributed by atoms with van der Waals surface area (Å²) in [5, 5.41) is 1.28. The first-order valence-corrected chi connectivity index (χ1v) is 6.26. The Kier molecular flexibility index (Phi) is 3.70. The van der Waals surface area contributed by atoms with Crippen LogP contribution < -0.4 is 0 Å². The Hall–Kier alpha value is -1.77. The smallest absolute Gasteiger partial charge is 0.305 e. The molecule has 0 aliphatic heterocycles. The standard InChI is InChI=1S/C15H19NO2/c1-10-7-8-14-13(9-10)12(11(2)16-14)5-4-6-15(17)18-3/h7-9,16H,4-6H2,1-3H3. The molecule has 0 aliphatic rings. The zero-order chi connectivity index (χ0) is 13.1. The zero-order valence-corrected chi connectivity index (χ0v) is 11.2. The molecule has 0 fully saturated rings. The van der Waals surface area contributed by atoms with Crippen LogP contribution in [-0.2, 0) is 16.0 Å². The third-order valence-corrected chi connectivity index (χ3v) is 3.31. The lowest BCUT2D eigenvalue weighted by atomic mass is 10.0. The second kappa shape index (κ2) is 5.25. The van der Waals surface area contributed by atoms with Crippen LogP contribution in [0.4, 0.5) is 0 Å². The zero-order valence-electron chi connectivity index (χ0n) is 11.2. The van der Waals surface area contributed by atoms with Crippen LogP contribution >= 0.6 is 0 Å². The van der Waals surface area contributed by atoms with Crippen molar-refractivity contribution in [3.05, 3.63) is 35.0 Å². The molecular formula is C15H19NO2. The number of methoxy groups -OCH3 is 1. The van der Waals surface area contributed by atoms with E-state index in [-0.39, 0.29) is 5.97 Å². The fraction of sp³-hybridized carbons (Fsp3) is 0.400. The first-order chi connectivity index (χ1) is 8.61. The molecule has 1 heterocycles. The van der Waals surface area contributed by atoms with Crippen LogP contribution in [-0.4, -0.2) is 18.1 Å². The van der Waals surface area contributed by atoms with Gasteiger partial charge in [0, 0.05) is 23.0 Å². The first-order valence-electron chi connectivity index (χ1n) is 6.26. The van der Waals surface area contributed by atoms with Gasteiger partial charge < -0.3 is 9.72 Å². The molecule has 1 N–H and O–H groups in total. The minimum Gasteiger partial charge on any atom is -0.469 e. The van der Waals surface area contributed by atoms with Crippen LogP contribution in [0, 0.1) is 13.8 Å². The third-order valence-electron chi connectivity index (χ3n) is 3.31. The lowest BCUT2D eigenvalue weighted by Gasteiger charge is -2.02. The molecule has 2 rings (SSSR count). The van der Waals surface area contributed by atoms with Crippen molar-refractivity contribution in [3.63, 3.8) is 0 Å². The van der Waals surface area contributed by atoms with Crippen LogP contribution in [0.25, 0.3) is 10.9 Å². The lowest BCUT2D eigenvalue weighted by molar-refractivity contribution is -0.140. The number of H-pyrrole nitrogens is 1. The van der Waals surface area contributed by atoms with Gasteiger partial charge in [0.05, 0.1) is 7.11 Å². The summed E-state index contributed by atoms with van der Waals surface area (Å²) in [5.74, 6) is -0.135. The maximum atomic E-state index is 11.1. The molecule has 0 radical (unpaired) electrons. The van der Waals surface area contributed by atoms with E-state index in [1.165, 1.54) is 34.8 Å². The van der Waals surface area contributed by atoms with Gasteiger partial charge in [0.2, 0.25) is 0 Å². The molecule has 1 aromatic carbocycles. The molecule has 0 unspecified atom stereocenters. The van der Waals surface area contributed by atoms with Crippen LogP contribution in [0.2, 0.25) is 0 Å². The SMILES string of the molecule is COC(=O)CCCc1c(C)[nH]c2ccc(C)cc12. The quantitative estimate of drug-likeness (QED) is 0.840. The van der Waals surface area contributed by atoms with Gasteiger partial charge in [-0.2, -0.15) is 0 Å². The number of rotatable bonds is 4. The van der Waals surface area contributed by atoms with E-state index in [2.05, 4.69) is 41.8 Å². The Morgan fingerprint density at radius 2 is 2.11 bits per heavy atom. The molecule has 96 valence electrons. The third kappa shape index (κ3) is 2.55. The van der Waals surface area contributed by atoms with Gasteiger partial charge in [-0.25, -0.2) is 0 Å². The maximum Gasteiger partial charge on any atom is 0.305 e. The maximum absolute atomic E-state index is 11.1. The summed E-state index contributed by atoms with van der Waals surface area (Å²) in [7, 11) is 1.43. The number of ether oxygens (including phenoxy) is 1. The average Bonchev–Trinajstić information content (AvgIpc) is 2.65. The molecule has 0 bridgehead atoms. The van der Waals surface area contributed by atoms with E-state index in [0.29, 0.717) is 6.42 Å². The number of carbonyl (C=O) groups is 1. The number of aromatic nitrogens is 1. The average molecular weight is 245 g/mol. The summed E-state index contributed by atoms with van der Waals surface area (Å²) in [4.78, 5) is 14.5. The summed E-state index contributed by atoms with van der Waals surface area (Å²) in [5.41, 5.74) is 4.94. The van der Waals surface area contributed by atoms with Gasteiger partial charge in [0.15, 0.2) is 0 Å². The van der Waals surface area contributed by atoms with E-state index in [1.807, 2.05) is 0 Å². The van der Waals surface area contributed by atoms with E-state index in [1.54, 1.807) is 0 Å². The van der Waals surface area contributed by atoms with Gasteiger partial charge in [-0.15, -0.1) is 0 Å². The van der Waals surface area contributed by atoms with Crippen molar-refractivity contribution in [3.8, 4) is 0 Å². The number of fused-ring (bicyclic) bond motifs is 1. The number of aryl methyl sites for hydroxylation is 3. The van der Waals surface area contributed by atoms with E-state index < -0.39 is 0 Å². The van der Waals surface area contributed by atoms with Crippen molar-refractivity contribution in [2.75, 3.05) is 7.11 Å². The molecule has 1 aromatic heterocycles. The second-order valence-electron chi connectivity index (χ2n) is 4.71. The van der Waals surface area contributed by atoms with E-state index in [9.17, 15) is 4.79 Å². The number of esters is 1. The highest BCUT2D eigenvalue weighted by molar-refractivity contribution is 5.85. The fourth-order valence-corrected chi connectivity index (χ4v) is 2.33. The highest BCUT2D eigenvalue weighted by atomic mass is 16.5. The van der Waals surface area contributed by atoms with Crippen molar-refractivity contribution >= 4 is 16.9 Å². The summed E-state index contributed by atoms with van der Waals surface area (Å²) in [6.07, 6.45) is 2.22. The predicted octanol–water partition coefficient (Wildman–Crippen LogP) is 3.28. The first kappa shape index (κ1) is 12.7. The predicted molar refractivity (Wildman–Crippen MR) is 72.7 cm³/mol. The minimum absolute atomic E-state index is 0.135. The normalized spacial score (nSPS) is 10.8. The Morgan fingerprint density at radius 3 is 2.83 bits per heavy atom. The molecule has 3 heteroatoms. The molecular weight excluding hydrogens is 226 g/mol. The minimum atomic E-state index is -0.135. The number of aromatic amines is 1. The van der Waals surface area contributed by atoms with Gasteiger partial charge in [-0.1, -0.05) is 11.6 Å². The molecule has 0 atom stereocenters. The van der Waals surface area contributed by atoms with Gasteiger partial charge in [-0.05, 0) is 44.4 Å². The Labute approximate surface area is 107 Å². The summed E-state index contributed by atoms with van der Waals surface area (Å²) in [6, 6.07) is 6.42. The topological polar surface area (TPSA) is 42.1 Å².